The topological polar surface area (TPSA) is 123 Å². The number of aromatic hydroxyl groups is 1. The van der Waals surface area contributed by atoms with Crippen LogP contribution in [-0.2, 0) is 15.2 Å². The molecule has 1 aliphatic rings. The van der Waals surface area contributed by atoms with E-state index in [0.717, 1.165) is 0 Å². The van der Waals surface area contributed by atoms with Crippen LogP contribution in [0.1, 0.15) is 33.6 Å². The molecule has 0 amide bonds. The molecule has 1 fully saturated rings. The maximum Gasteiger partial charge on any atom is 0.242 e. The van der Waals surface area contributed by atoms with E-state index in [9.17, 15) is 15.3 Å². The molecule has 4 atom stereocenters. The number of ether oxygens (including phenoxy) is 2. The smallest absolute Gasteiger partial charge is 0.242 e. The maximum absolute atomic E-state index is 11.1. The highest BCUT2D eigenvalue weighted by Crippen LogP contribution is 2.57. The van der Waals surface area contributed by atoms with Crippen LogP contribution in [0.2, 0.25) is 0 Å². The largest absolute Gasteiger partial charge is 0.492 e. The predicted octanol–water partition coefficient (Wildman–Crippen LogP) is 1.10. The highest BCUT2D eigenvalue weighted by atomic mass is 35.5. The Morgan fingerprint density at radius 2 is 2.00 bits per heavy atom. The molecule has 0 aliphatic carbocycles. The van der Waals surface area contributed by atoms with Crippen molar-refractivity contribution in [2.45, 2.75) is 56.1 Å². The van der Waals surface area contributed by atoms with E-state index >= 15 is 0 Å². The molecule has 0 spiro atoms. The molecule has 26 heavy (non-hydrogen) atoms. The van der Waals surface area contributed by atoms with Gasteiger partial charge in [-0.2, -0.15) is 4.98 Å². The zero-order chi connectivity index (χ0) is 19.2. The van der Waals surface area contributed by atoms with Crippen molar-refractivity contribution < 1.29 is 24.8 Å². The summed E-state index contributed by atoms with van der Waals surface area (Å²) in [4.78, 5) is 12.1. The summed E-state index contributed by atoms with van der Waals surface area (Å²) < 4.78 is 13.8. The van der Waals surface area contributed by atoms with Crippen molar-refractivity contribution in [3.05, 3.63) is 12.7 Å². The fraction of sp³-hybridized carbons (Fsp3) is 0.688. The average Bonchev–Trinajstić information content (AvgIpc) is 3.13. The van der Waals surface area contributed by atoms with Gasteiger partial charge in [0.15, 0.2) is 22.5 Å². The number of alkyl halides is 1. The zero-order valence-corrected chi connectivity index (χ0v) is 15.6. The monoisotopic (exact) mass is 386 g/mol. The molecule has 0 radical (unpaired) electrons. The average molecular weight is 387 g/mol. The van der Waals surface area contributed by atoms with Crippen LogP contribution < -0.4 is 0 Å². The number of nitrogens with zero attached hydrogens (tertiary/aromatic N) is 4. The van der Waals surface area contributed by atoms with Crippen LogP contribution in [0.15, 0.2) is 12.7 Å². The molecule has 0 aromatic carbocycles. The number of imidazole rings is 1. The van der Waals surface area contributed by atoms with Crippen molar-refractivity contribution >= 4 is 22.8 Å². The lowest BCUT2D eigenvalue weighted by Gasteiger charge is -2.47. The second kappa shape index (κ2) is 6.58. The standard InChI is InChI=1S/C16H23ClN4O5/c1-4-14(25-6-3)15(5-2,26-10(7-22)16(14,17)24)21-9-20-11-12(21)18-8-19-13(11)23/h8-10,22,24H,4-7H2,1-3H3,(H,18,19,23)/t10-,14+,15-,16-/m1/s1. The molecule has 2 aromatic heterocycles. The van der Waals surface area contributed by atoms with Crippen LogP contribution in [0, 0.1) is 0 Å². The summed E-state index contributed by atoms with van der Waals surface area (Å²) in [5.41, 5.74) is -2.21. The van der Waals surface area contributed by atoms with Gasteiger partial charge in [0.2, 0.25) is 10.9 Å². The van der Waals surface area contributed by atoms with Crippen molar-refractivity contribution in [1.29, 1.82) is 0 Å². The van der Waals surface area contributed by atoms with Gasteiger partial charge < -0.3 is 24.8 Å². The van der Waals surface area contributed by atoms with Crippen molar-refractivity contribution in [2.24, 2.45) is 0 Å². The van der Waals surface area contributed by atoms with Gasteiger partial charge in [-0.25, -0.2) is 9.97 Å². The second-order valence-corrected chi connectivity index (χ2v) is 6.77. The van der Waals surface area contributed by atoms with E-state index in [2.05, 4.69) is 15.0 Å². The molecule has 10 heteroatoms. The molecule has 1 saturated heterocycles. The van der Waals surface area contributed by atoms with Gasteiger partial charge in [0.25, 0.3) is 0 Å². The Kier molecular flexibility index (Phi) is 4.87. The van der Waals surface area contributed by atoms with Crippen molar-refractivity contribution in [3.8, 4) is 5.88 Å². The number of hydrogen-bond acceptors (Lipinski definition) is 8. The number of aliphatic hydroxyl groups is 2. The molecule has 1 aliphatic heterocycles. The fourth-order valence-electron chi connectivity index (χ4n) is 4.06. The Hall–Kier alpha value is -1.52. The quantitative estimate of drug-likeness (QED) is 0.630. The van der Waals surface area contributed by atoms with Gasteiger partial charge in [-0.15, -0.1) is 0 Å². The summed E-state index contributed by atoms with van der Waals surface area (Å²) in [6.07, 6.45) is 2.19. The summed E-state index contributed by atoms with van der Waals surface area (Å²) in [6.45, 7) is 5.23. The van der Waals surface area contributed by atoms with Crippen molar-refractivity contribution in [2.75, 3.05) is 13.2 Å². The van der Waals surface area contributed by atoms with E-state index in [0.29, 0.717) is 18.5 Å². The lowest BCUT2D eigenvalue weighted by molar-refractivity contribution is -0.224. The summed E-state index contributed by atoms with van der Waals surface area (Å²) in [6, 6.07) is 0. The molecule has 3 heterocycles. The van der Waals surface area contributed by atoms with E-state index in [1.54, 1.807) is 11.5 Å². The molecule has 144 valence electrons. The summed E-state index contributed by atoms with van der Waals surface area (Å²) in [7, 11) is 0. The van der Waals surface area contributed by atoms with Gasteiger partial charge >= 0.3 is 0 Å². The van der Waals surface area contributed by atoms with Crippen molar-refractivity contribution in [3.63, 3.8) is 0 Å². The van der Waals surface area contributed by atoms with Crippen molar-refractivity contribution in [1.82, 2.24) is 19.5 Å². The maximum atomic E-state index is 11.1. The summed E-state index contributed by atoms with van der Waals surface area (Å²) in [5.74, 6) is -0.267. The van der Waals surface area contributed by atoms with Crippen LogP contribution in [-0.4, -0.2) is 64.8 Å². The van der Waals surface area contributed by atoms with E-state index < -0.39 is 29.1 Å². The van der Waals surface area contributed by atoms with Gasteiger partial charge in [0.1, 0.15) is 12.4 Å². The Balaban J connectivity index is 2.33. The van der Waals surface area contributed by atoms with Crippen LogP contribution in [0.4, 0.5) is 0 Å². The summed E-state index contributed by atoms with van der Waals surface area (Å²) >= 11 is 6.53. The van der Waals surface area contributed by atoms with E-state index in [1.807, 2.05) is 13.8 Å². The van der Waals surface area contributed by atoms with E-state index in [1.165, 1.54) is 12.7 Å². The van der Waals surface area contributed by atoms with Gasteiger partial charge in [0, 0.05) is 6.61 Å². The number of hydrogen-bond donors (Lipinski definition) is 3. The van der Waals surface area contributed by atoms with Crippen LogP contribution in [0.5, 0.6) is 5.88 Å². The Morgan fingerprint density at radius 3 is 2.58 bits per heavy atom. The highest BCUT2D eigenvalue weighted by molar-refractivity contribution is 6.24. The normalized spacial score (nSPS) is 34.6. The van der Waals surface area contributed by atoms with Crippen LogP contribution in [0.25, 0.3) is 11.2 Å². The Bertz CT molecular complexity index is 800. The molecule has 2 aromatic rings. The minimum atomic E-state index is -1.99. The first kappa shape index (κ1) is 19.2. The molecule has 0 bridgehead atoms. The fourth-order valence-corrected chi connectivity index (χ4v) is 4.51. The molecule has 9 nitrogen and oxygen atoms in total. The van der Waals surface area contributed by atoms with Gasteiger partial charge in [-0.1, -0.05) is 25.4 Å². The first-order valence-electron chi connectivity index (χ1n) is 8.56. The lowest BCUT2D eigenvalue weighted by atomic mass is 9.80. The van der Waals surface area contributed by atoms with Crippen LogP contribution >= 0.6 is 11.6 Å². The van der Waals surface area contributed by atoms with Gasteiger partial charge in [0.05, 0.1) is 12.9 Å². The Morgan fingerprint density at radius 1 is 1.27 bits per heavy atom. The molecule has 3 rings (SSSR count). The number of aromatic nitrogens is 4. The first-order chi connectivity index (χ1) is 12.3. The lowest BCUT2D eigenvalue weighted by Crippen LogP contribution is -2.63. The zero-order valence-electron chi connectivity index (χ0n) is 14.9. The molecular weight excluding hydrogens is 364 g/mol. The number of aliphatic hydroxyl groups excluding tert-OH is 1. The van der Waals surface area contributed by atoms with Gasteiger partial charge in [-0.05, 0) is 19.8 Å². The SMILES string of the molecule is CCO[C@]1(CC)[C@@](O)(Cl)[C@@H](CO)O[C@@]1(CC)n1cnc2c(O)ncnc21. The highest BCUT2D eigenvalue weighted by Gasteiger charge is 2.73. The minimum absolute atomic E-state index is 0.191. The number of rotatable bonds is 6. The number of halogens is 1. The molecular formula is C16H23ClN4O5. The third-order valence-electron chi connectivity index (χ3n) is 5.20. The predicted molar refractivity (Wildman–Crippen MR) is 92.7 cm³/mol. The third kappa shape index (κ3) is 2.21. The van der Waals surface area contributed by atoms with Crippen LogP contribution in [0.3, 0.4) is 0 Å². The molecule has 0 unspecified atom stereocenters. The minimum Gasteiger partial charge on any atom is -0.492 e. The number of fused-ring (bicyclic) bond motifs is 1. The molecule has 3 N–H and O–H groups in total. The second-order valence-electron chi connectivity index (χ2n) is 6.20. The third-order valence-corrected chi connectivity index (χ3v) is 5.75. The van der Waals surface area contributed by atoms with E-state index in [4.69, 9.17) is 21.1 Å². The summed E-state index contributed by atoms with van der Waals surface area (Å²) in [5, 5.41) is 28.9. The Labute approximate surface area is 155 Å². The van der Waals surface area contributed by atoms with Gasteiger partial charge in [-0.3, -0.25) is 4.57 Å². The molecule has 0 saturated carbocycles. The first-order valence-corrected chi connectivity index (χ1v) is 8.94. The van der Waals surface area contributed by atoms with E-state index in [-0.39, 0.29) is 18.0 Å².